The third kappa shape index (κ3) is 4.05. The van der Waals surface area contributed by atoms with E-state index in [-0.39, 0.29) is 5.69 Å². The predicted octanol–water partition coefficient (Wildman–Crippen LogP) is 4.68. The lowest BCUT2D eigenvalue weighted by atomic mass is 10.0. The zero-order valence-electron chi connectivity index (χ0n) is 12.6. The number of carboxylic acids is 1. The van der Waals surface area contributed by atoms with Crippen LogP contribution in [0.2, 0.25) is 0 Å². The van der Waals surface area contributed by atoms with Gasteiger partial charge in [-0.2, -0.15) is 0 Å². The Morgan fingerprint density at radius 1 is 0.957 bits per heavy atom. The highest BCUT2D eigenvalue weighted by molar-refractivity contribution is 7.09. The van der Waals surface area contributed by atoms with Gasteiger partial charge in [-0.15, -0.1) is 11.3 Å². The summed E-state index contributed by atoms with van der Waals surface area (Å²) < 4.78 is 0. The Morgan fingerprint density at radius 2 is 1.65 bits per heavy atom. The highest BCUT2D eigenvalue weighted by atomic mass is 32.1. The quantitative estimate of drug-likeness (QED) is 0.716. The van der Waals surface area contributed by atoms with Gasteiger partial charge in [0.25, 0.3) is 0 Å². The molecular weight excluding hydrogens is 306 g/mol. The molecule has 1 heterocycles. The first-order valence-electron chi connectivity index (χ1n) is 7.54. The summed E-state index contributed by atoms with van der Waals surface area (Å²) in [5, 5.41) is 11.4. The summed E-state index contributed by atoms with van der Waals surface area (Å²) in [7, 11) is 0. The number of nitrogens with zero attached hydrogens (tertiary/aromatic N) is 1. The van der Waals surface area contributed by atoms with Crippen LogP contribution in [0.15, 0.2) is 60.0 Å². The summed E-state index contributed by atoms with van der Waals surface area (Å²) in [6.45, 7) is 0. The third-order valence-corrected chi connectivity index (χ3v) is 4.60. The highest BCUT2D eigenvalue weighted by Gasteiger charge is 2.08. The van der Waals surface area contributed by atoms with Gasteiger partial charge >= 0.3 is 5.97 Å². The molecule has 1 aromatic heterocycles. The van der Waals surface area contributed by atoms with Crippen molar-refractivity contribution in [3.8, 4) is 11.1 Å². The molecule has 0 aliphatic rings. The predicted molar refractivity (Wildman–Crippen MR) is 93.0 cm³/mol. The minimum atomic E-state index is -0.955. The van der Waals surface area contributed by atoms with Crippen molar-refractivity contribution in [3.05, 3.63) is 76.2 Å². The Kier molecular flexibility index (Phi) is 4.83. The van der Waals surface area contributed by atoms with Gasteiger partial charge in [0, 0.05) is 5.38 Å². The van der Waals surface area contributed by atoms with Crippen molar-refractivity contribution < 1.29 is 9.90 Å². The zero-order chi connectivity index (χ0) is 16.1. The van der Waals surface area contributed by atoms with Crippen molar-refractivity contribution in [2.45, 2.75) is 19.3 Å². The van der Waals surface area contributed by atoms with Crippen LogP contribution in [0.1, 0.15) is 27.5 Å². The van der Waals surface area contributed by atoms with Crippen LogP contribution in [-0.4, -0.2) is 16.1 Å². The molecule has 0 bridgehead atoms. The topological polar surface area (TPSA) is 50.2 Å². The van der Waals surface area contributed by atoms with Crippen LogP contribution in [0.4, 0.5) is 0 Å². The largest absolute Gasteiger partial charge is 0.476 e. The molecule has 0 radical (unpaired) electrons. The monoisotopic (exact) mass is 323 g/mol. The summed E-state index contributed by atoms with van der Waals surface area (Å²) in [4.78, 5) is 14.9. The summed E-state index contributed by atoms with van der Waals surface area (Å²) in [5.41, 5.74) is 3.89. The number of thiazole rings is 1. The van der Waals surface area contributed by atoms with E-state index in [1.807, 2.05) is 18.2 Å². The lowest BCUT2D eigenvalue weighted by molar-refractivity contribution is 0.0691. The summed E-state index contributed by atoms with van der Waals surface area (Å²) in [5.74, 6) is -0.955. The fraction of sp³-hybridized carbons (Fsp3) is 0.158. The van der Waals surface area contributed by atoms with Crippen molar-refractivity contribution in [2.24, 2.45) is 0 Å². The van der Waals surface area contributed by atoms with Gasteiger partial charge in [-0.1, -0.05) is 54.6 Å². The second kappa shape index (κ2) is 7.20. The fourth-order valence-electron chi connectivity index (χ4n) is 2.46. The number of benzene rings is 2. The van der Waals surface area contributed by atoms with Crippen LogP contribution in [0.25, 0.3) is 11.1 Å². The first kappa shape index (κ1) is 15.4. The molecule has 23 heavy (non-hydrogen) atoms. The third-order valence-electron chi connectivity index (χ3n) is 3.69. The Balaban J connectivity index is 1.55. The van der Waals surface area contributed by atoms with Crippen LogP contribution < -0.4 is 0 Å². The first-order valence-corrected chi connectivity index (χ1v) is 8.42. The number of aromatic carboxylic acids is 1. The molecule has 3 aromatic rings. The number of carbonyl (C=O) groups is 1. The Hall–Kier alpha value is -2.46. The summed E-state index contributed by atoms with van der Waals surface area (Å²) in [6.07, 6.45) is 2.76. The van der Waals surface area contributed by atoms with Gasteiger partial charge in [0.05, 0.1) is 5.01 Å². The van der Waals surface area contributed by atoms with Crippen LogP contribution in [0, 0.1) is 0 Å². The van der Waals surface area contributed by atoms with Crippen molar-refractivity contribution in [1.29, 1.82) is 0 Å². The van der Waals surface area contributed by atoms with E-state index in [1.54, 1.807) is 5.38 Å². The van der Waals surface area contributed by atoms with Gasteiger partial charge < -0.3 is 5.11 Å². The SMILES string of the molecule is O=C(O)c1csc(CCCc2ccc(-c3ccccc3)cc2)n1. The smallest absolute Gasteiger partial charge is 0.355 e. The average Bonchev–Trinajstić information content (AvgIpc) is 3.06. The number of aromatic nitrogens is 1. The minimum Gasteiger partial charge on any atom is -0.476 e. The number of carboxylic acid groups (broad SMARTS) is 1. The van der Waals surface area contributed by atoms with Crippen LogP contribution in [0.3, 0.4) is 0 Å². The van der Waals surface area contributed by atoms with Gasteiger partial charge in [-0.25, -0.2) is 9.78 Å². The fourth-order valence-corrected chi connectivity index (χ4v) is 3.28. The maximum atomic E-state index is 10.8. The molecule has 0 saturated carbocycles. The molecule has 0 unspecified atom stereocenters. The molecule has 0 spiro atoms. The first-order chi connectivity index (χ1) is 11.2. The number of hydrogen-bond acceptors (Lipinski definition) is 3. The zero-order valence-corrected chi connectivity index (χ0v) is 13.4. The maximum absolute atomic E-state index is 10.8. The van der Waals surface area contributed by atoms with Crippen LogP contribution in [0.5, 0.6) is 0 Å². The van der Waals surface area contributed by atoms with E-state index in [9.17, 15) is 4.79 Å². The van der Waals surface area contributed by atoms with Gasteiger partial charge in [0.1, 0.15) is 0 Å². The molecule has 3 rings (SSSR count). The second-order valence-electron chi connectivity index (χ2n) is 5.35. The molecule has 0 fully saturated rings. The molecule has 2 aromatic carbocycles. The van der Waals surface area contributed by atoms with Gasteiger partial charge in [0.2, 0.25) is 0 Å². The molecule has 116 valence electrons. The summed E-state index contributed by atoms with van der Waals surface area (Å²) in [6, 6.07) is 18.9. The maximum Gasteiger partial charge on any atom is 0.355 e. The molecule has 1 N–H and O–H groups in total. The van der Waals surface area contributed by atoms with Crippen LogP contribution >= 0.6 is 11.3 Å². The van der Waals surface area contributed by atoms with Crippen molar-refractivity contribution in [2.75, 3.05) is 0 Å². The molecule has 0 atom stereocenters. The molecule has 0 saturated heterocycles. The molecular formula is C19H17NO2S. The molecule has 0 amide bonds. The van der Waals surface area contributed by atoms with Crippen LogP contribution in [-0.2, 0) is 12.8 Å². The Morgan fingerprint density at radius 3 is 2.30 bits per heavy atom. The summed E-state index contributed by atoms with van der Waals surface area (Å²) >= 11 is 1.42. The normalized spacial score (nSPS) is 10.6. The lowest BCUT2D eigenvalue weighted by Gasteiger charge is -2.04. The van der Waals surface area contributed by atoms with E-state index in [0.717, 1.165) is 24.3 Å². The number of rotatable bonds is 6. The van der Waals surface area contributed by atoms with Gasteiger partial charge in [0.15, 0.2) is 5.69 Å². The molecule has 0 aliphatic heterocycles. The molecule has 0 aliphatic carbocycles. The molecule has 3 nitrogen and oxygen atoms in total. The van der Waals surface area contributed by atoms with E-state index in [0.29, 0.717) is 0 Å². The van der Waals surface area contributed by atoms with E-state index >= 15 is 0 Å². The average molecular weight is 323 g/mol. The van der Waals surface area contributed by atoms with E-state index in [2.05, 4.69) is 41.4 Å². The van der Waals surface area contributed by atoms with E-state index < -0.39 is 5.97 Å². The number of aryl methyl sites for hydroxylation is 2. The lowest BCUT2D eigenvalue weighted by Crippen LogP contribution is -1.97. The second-order valence-corrected chi connectivity index (χ2v) is 6.29. The Labute approximate surface area is 139 Å². The van der Waals surface area contributed by atoms with Crippen molar-refractivity contribution in [3.63, 3.8) is 0 Å². The highest BCUT2D eigenvalue weighted by Crippen LogP contribution is 2.20. The van der Waals surface area contributed by atoms with Crippen molar-refractivity contribution in [1.82, 2.24) is 4.98 Å². The van der Waals surface area contributed by atoms with E-state index in [1.165, 1.54) is 28.0 Å². The van der Waals surface area contributed by atoms with Gasteiger partial charge in [-0.05, 0) is 36.0 Å². The van der Waals surface area contributed by atoms with Crippen molar-refractivity contribution >= 4 is 17.3 Å². The Bertz CT molecular complexity index is 779. The molecule has 4 heteroatoms. The minimum absolute atomic E-state index is 0.150. The van der Waals surface area contributed by atoms with E-state index in [4.69, 9.17) is 5.11 Å². The standard InChI is InChI=1S/C19H17NO2S/c21-19(22)17-13-23-18(20-17)8-4-5-14-9-11-16(12-10-14)15-6-2-1-3-7-15/h1-3,6-7,9-13H,4-5,8H2,(H,21,22). The van der Waals surface area contributed by atoms with Gasteiger partial charge in [-0.3, -0.25) is 0 Å². The number of hydrogen-bond donors (Lipinski definition) is 1.